The molecule has 0 spiro atoms. The van der Waals surface area contributed by atoms with Crippen LogP contribution in [0, 0.1) is 5.92 Å². The molecule has 1 aliphatic rings. The van der Waals surface area contributed by atoms with E-state index in [2.05, 4.69) is 21.6 Å². The van der Waals surface area contributed by atoms with Crippen molar-refractivity contribution in [2.75, 3.05) is 7.11 Å². The van der Waals surface area contributed by atoms with Crippen LogP contribution in [-0.2, 0) is 10.3 Å². The zero-order valence-corrected chi connectivity index (χ0v) is 9.08. The maximum atomic E-state index is 10.9. The molecule has 1 saturated carbocycles. The van der Waals surface area contributed by atoms with Gasteiger partial charge >= 0.3 is 5.76 Å². The summed E-state index contributed by atoms with van der Waals surface area (Å²) in [5.41, 5.74) is -0.446. The van der Waals surface area contributed by atoms with Crippen molar-refractivity contribution in [1.82, 2.24) is 10.1 Å². The summed E-state index contributed by atoms with van der Waals surface area (Å²) < 4.78 is 10.1. The van der Waals surface area contributed by atoms with Gasteiger partial charge in [-0.25, -0.2) is 4.79 Å². The number of nitrogens with one attached hydrogen (secondary N) is 1. The van der Waals surface area contributed by atoms with Gasteiger partial charge in [-0.2, -0.15) is 0 Å². The summed E-state index contributed by atoms with van der Waals surface area (Å²) in [5.74, 6) is 0.730. The van der Waals surface area contributed by atoms with E-state index in [1.54, 1.807) is 7.11 Å². The first kappa shape index (κ1) is 10.4. The summed E-state index contributed by atoms with van der Waals surface area (Å²) in [6.07, 6.45) is 3.94. The van der Waals surface area contributed by atoms with E-state index in [4.69, 9.17) is 4.74 Å². The smallest absolute Gasteiger partial charge is 0.370 e. The summed E-state index contributed by atoms with van der Waals surface area (Å²) in [6, 6.07) is 0. The molecule has 0 atom stereocenters. The van der Waals surface area contributed by atoms with Crippen molar-refractivity contribution < 1.29 is 9.26 Å². The van der Waals surface area contributed by atoms with Crippen molar-refractivity contribution in [2.24, 2.45) is 5.92 Å². The number of nitrogens with zero attached hydrogens (tertiary/aromatic N) is 1. The minimum atomic E-state index is -0.514. The van der Waals surface area contributed by atoms with E-state index < -0.39 is 11.4 Å². The Morgan fingerprint density at radius 2 is 2.20 bits per heavy atom. The van der Waals surface area contributed by atoms with Gasteiger partial charge in [0.05, 0.1) is 0 Å². The molecule has 1 N–H and O–H groups in total. The molecule has 1 aromatic heterocycles. The number of aromatic nitrogens is 2. The Bertz CT molecular complexity index is 374. The minimum Gasteiger partial charge on any atom is -0.370 e. The molecule has 0 bridgehead atoms. The molecule has 5 nitrogen and oxygen atoms in total. The van der Waals surface area contributed by atoms with Crippen molar-refractivity contribution in [3.05, 3.63) is 16.4 Å². The number of aromatic amines is 1. The summed E-state index contributed by atoms with van der Waals surface area (Å²) >= 11 is 0. The predicted octanol–water partition coefficient (Wildman–Crippen LogP) is 1.41. The van der Waals surface area contributed by atoms with E-state index in [9.17, 15) is 4.79 Å². The number of methoxy groups -OCH3 is 1. The molecule has 1 fully saturated rings. The quantitative estimate of drug-likeness (QED) is 0.804. The summed E-state index contributed by atoms with van der Waals surface area (Å²) in [6.45, 7) is 2.23. The lowest BCUT2D eigenvalue weighted by atomic mass is 9.79. The zero-order valence-electron chi connectivity index (χ0n) is 9.08. The van der Waals surface area contributed by atoms with E-state index >= 15 is 0 Å². The van der Waals surface area contributed by atoms with Crippen LogP contribution in [0.3, 0.4) is 0 Å². The molecule has 5 heteroatoms. The summed E-state index contributed by atoms with van der Waals surface area (Å²) in [5, 5.41) is 3.74. The Kier molecular flexibility index (Phi) is 2.65. The predicted molar refractivity (Wildman–Crippen MR) is 53.4 cm³/mol. The number of rotatable bonds is 2. The van der Waals surface area contributed by atoms with Crippen molar-refractivity contribution in [3.8, 4) is 0 Å². The molecule has 0 unspecified atom stereocenters. The third kappa shape index (κ3) is 1.84. The van der Waals surface area contributed by atoms with Crippen LogP contribution < -0.4 is 5.76 Å². The van der Waals surface area contributed by atoms with E-state index in [1.165, 1.54) is 0 Å². The van der Waals surface area contributed by atoms with Crippen LogP contribution in [0.15, 0.2) is 9.32 Å². The van der Waals surface area contributed by atoms with Crippen LogP contribution in [-0.4, -0.2) is 17.3 Å². The largest absolute Gasteiger partial charge is 0.439 e. The highest BCUT2D eigenvalue weighted by Crippen LogP contribution is 2.40. The molecule has 1 aliphatic carbocycles. The van der Waals surface area contributed by atoms with Crippen LogP contribution >= 0.6 is 0 Å². The van der Waals surface area contributed by atoms with E-state index in [0.29, 0.717) is 11.7 Å². The van der Waals surface area contributed by atoms with Gasteiger partial charge < -0.3 is 4.74 Å². The van der Waals surface area contributed by atoms with Crippen molar-refractivity contribution >= 4 is 0 Å². The van der Waals surface area contributed by atoms with Crippen LogP contribution in [0.1, 0.15) is 38.4 Å². The zero-order chi connectivity index (χ0) is 10.9. The lowest BCUT2D eigenvalue weighted by Gasteiger charge is -2.35. The van der Waals surface area contributed by atoms with E-state index in [0.717, 1.165) is 25.7 Å². The molecule has 0 saturated heterocycles. The van der Waals surface area contributed by atoms with Gasteiger partial charge in [-0.15, -0.1) is 0 Å². The van der Waals surface area contributed by atoms with Gasteiger partial charge in [0.2, 0.25) is 0 Å². The fourth-order valence-electron chi connectivity index (χ4n) is 2.19. The standard InChI is InChI=1S/C10H16N2O3/c1-7-3-5-10(14-2,6-4-7)8-11-9(13)15-12-8/h7H,3-6H2,1-2H3,(H,11,12,13). The molecule has 0 radical (unpaired) electrons. The number of ether oxygens (including phenoxy) is 1. The Hall–Kier alpha value is -1.10. The molecule has 0 amide bonds. The Balaban J connectivity index is 2.26. The molecule has 15 heavy (non-hydrogen) atoms. The fraction of sp³-hybridized carbons (Fsp3) is 0.800. The second-order valence-corrected chi connectivity index (χ2v) is 4.32. The average Bonchev–Trinajstić information content (AvgIpc) is 2.67. The molecule has 0 aromatic carbocycles. The number of H-pyrrole nitrogens is 1. The topological polar surface area (TPSA) is 68.1 Å². The van der Waals surface area contributed by atoms with Gasteiger partial charge in [-0.1, -0.05) is 12.1 Å². The third-order valence-electron chi connectivity index (χ3n) is 3.34. The number of hydrogen-bond acceptors (Lipinski definition) is 4. The van der Waals surface area contributed by atoms with Gasteiger partial charge in [0.25, 0.3) is 0 Å². The SMILES string of the molecule is COC1(c2noc(=O)[nH]2)CCC(C)CC1. The normalized spacial score (nSPS) is 31.7. The molecular formula is C10H16N2O3. The maximum absolute atomic E-state index is 10.9. The van der Waals surface area contributed by atoms with Crippen molar-refractivity contribution in [2.45, 2.75) is 38.2 Å². The summed E-state index contributed by atoms with van der Waals surface area (Å²) in [7, 11) is 1.66. The van der Waals surface area contributed by atoms with Gasteiger partial charge in [0, 0.05) is 7.11 Å². The third-order valence-corrected chi connectivity index (χ3v) is 3.34. The Morgan fingerprint density at radius 3 is 2.67 bits per heavy atom. The molecule has 0 aliphatic heterocycles. The second-order valence-electron chi connectivity index (χ2n) is 4.32. The van der Waals surface area contributed by atoms with Crippen LogP contribution in [0.25, 0.3) is 0 Å². The van der Waals surface area contributed by atoms with Gasteiger partial charge in [0.15, 0.2) is 5.82 Å². The van der Waals surface area contributed by atoms with Crippen molar-refractivity contribution in [3.63, 3.8) is 0 Å². The molecule has 2 rings (SSSR count). The lowest BCUT2D eigenvalue weighted by Crippen LogP contribution is -2.34. The first-order valence-electron chi connectivity index (χ1n) is 5.28. The number of hydrogen-bond donors (Lipinski definition) is 1. The highest BCUT2D eigenvalue weighted by Gasteiger charge is 2.39. The molecular weight excluding hydrogens is 196 g/mol. The van der Waals surface area contributed by atoms with Gasteiger partial charge in [-0.05, 0) is 31.6 Å². The Morgan fingerprint density at radius 1 is 1.53 bits per heavy atom. The van der Waals surface area contributed by atoms with Gasteiger partial charge in [-0.3, -0.25) is 9.51 Å². The highest BCUT2D eigenvalue weighted by molar-refractivity contribution is 5.01. The first-order valence-corrected chi connectivity index (χ1v) is 5.28. The van der Waals surface area contributed by atoms with Crippen LogP contribution in [0.2, 0.25) is 0 Å². The molecule has 84 valence electrons. The highest BCUT2D eigenvalue weighted by atomic mass is 16.5. The van der Waals surface area contributed by atoms with Crippen LogP contribution in [0.5, 0.6) is 0 Å². The molecule has 1 aromatic rings. The van der Waals surface area contributed by atoms with Crippen LogP contribution in [0.4, 0.5) is 0 Å². The van der Waals surface area contributed by atoms with E-state index in [1.807, 2.05) is 0 Å². The Labute approximate surface area is 87.8 Å². The lowest BCUT2D eigenvalue weighted by molar-refractivity contribution is -0.0609. The van der Waals surface area contributed by atoms with Gasteiger partial charge in [0.1, 0.15) is 5.60 Å². The average molecular weight is 212 g/mol. The molecule has 1 heterocycles. The first-order chi connectivity index (χ1) is 7.16. The monoisotopic (exact) mass is 212 g/mol. The van der Waals surface area contributed by atoms with Crippen molar-refractivity contribution in [1.29, 1.82) is 0 Å². The summed E-state index contributed by atoms with van der Waals surface area (Å²) in [4.78, 5) is 13.5. The fourth-order valence-corrected chi connectivity index (χ4v) is 2.19. The minimum absolute atomic E-state index is 0.446. The maximum Gasteiger partial charge on any atom is 0.439 e. The second kappa shape index (κ2) is 3.81. The van der Waals surface area contributed by atoms with E-state index in [-0.39, 0.29) is 0 Å².